The number of nitrogens with one attached hydrogen (secondary N) is 1. The SMILES string of the molecule is CCCn1c2ccccc2c2cc3[nH]c4ccccc4c3c(CO)c21. The smallest absolute Gasteiger partial charge is 0.0709 e. The lowest BCUT2D eigenvalue weighted by atomic mass is 10.0. The van der Waals surface area contributed by atoms with Gasteiger partial charge in [0.05, 0.1) is 12.1 Å². The summed E-state index contributed by atoms with van der Waals surface area (Å²) in [6.07, 6.45) is 1.06. The van der Waals surface area contributed by atoms with Gasteiger partial charge in [0.25, 0.3) is 0 Å². The van der Waals surface area contributed by atoms with Crippen LogP contribution in [0.25, 0.3) is 43.6 Å². The first-order valence-corrected chi connectivity index (χ1v) is 8.87. The van der Waals surface area contributed by atoms with Gasteiger partial charge in [0.1, 0.15) is 0 Å². The lowest BCUT2D eigenvalue weighted by molar-refractivity contribution is 0.284. The number of aromatic amines is 1. The average molecular weight is 328 g/mol. The molecule has 2 aromatic heterocycles. The molecule has 0 atom stereocenters. The Labute approximate surface area is 145 Å². The Bertz CT molecular complexity index is 1240. The fourth-order valence-corrected chi connectivity index (χ4v) is 4.27. The molecular weight excluding hydrogens is 308 g/mol. The predicted molar refractivity (Wildman–Crippen MR) is 105 cm³/mol. The van der Waals surface area contributed by atoms with Crippen LogP contribution in [0, 0.1) is 0 Å². The maximum Gasteiger partial charge on any atom is 0.0709 e. The number of aliphatic hydroxyl groups excluding tert-OH is 1. The summed E-state index contributed by atoms with van der Waals surface area (Å²) >= 11 is 0. The molecule has 5 aromatic rings. The van der Waals surface area contributed by atoms with Crippen molar-refractivity contribution in [3.8, 4) is 0 Å². The quantitative estimate of drug-likeness (QED) is 0.462. The maximum atomic E-state index is 10.3. The molecule has 2 heterocycles. The van der Waals surface area contributed by atoms with Crippen molar-refractivity contribution in [1.82, 2.24) is 9.55 Å². The summed E-state index contributed by atoms with van der Waals surface area (Å²) in [4.78, 5) is 3.53. The van der Waals surface area contributed by atoms with E-state index in [4.69, 9.17) is 0 Å². The minimum atomic E-state index is 0.0374. The topological polar surface area (TPSA) is 41.0 Å². The van der Waals surface area contributed by atoms with Gasteiger partial charge in [-0.2, -0.15) is 0 Å². The molecule has 0 aliphatic heterocycles. The Morgan fingerprint density at radius 1 is 0.920 bits per heavy atom. The summed E-state index contributed by atoms with van der Waals surface area (Å²) in [7, 11) is 0. The molecule has 3 aromatic carbocycles. The third-order valence-electron chi connectivity index (χ3n) is 5.23. The van der Waals surface area contributed by atoms with Crippen molar-refractivity contribution in [2.24, 2.45) is 0 Å². The van der Waals surface area contributed by atoms with Gasteiger partial charge in [-0.3, -0.25) is 0 Å². The third kappa shape index (κ3) is 1.90. The molecule has 0 spiro atoms. The van der Waals surface area contributed by atoms with Crippen molar-refractivity contribution in [3.05, 3.63) is 60.2 Å². The van der Waals surface area contributed by atoms with Crippen LogP contribution in [0.15, 0.2) is 54.6 Å². The summed E-state index contributed by atoms with van der Waals surface area (Å²) in [5.41, 5.74) is 5.65. The number of para-hydroxylation sites is 2. The highest BCUT2D eigenvalue weighted by atomic mass is 16.3. The van der Waals surface area contributed by atoms with Crippen LogP contribution >= 0.6 is 0 Å². The largest absolute Gasteiger partial charge is 0.392 e. The van der Waals surface area contributed by atoms with Crippen molar-refractivity contribution >= 4 is 43.6 Å². The van der Waals surface area contributed by atoms with Crippen molar-refractivity contribution in [3.63, 3.8) is 0 Å². The lowest BCUT2D eigenvalue weighted by Gasteiger charge is -2.10. The highest BCUT2D eigenvalue weighted by Crippen LogP contribution is 2.38. The molecule has 5 rings (SSSR count). The van der Waals surface area contributed by atoms with E-state index in [1.165, 1.54) is 27.2 Å². The van der Waals surface area contributed by atoms with Crippen LogP contribution in [0.2, 0.25) is 0 Å². The highest BCUT2D eigenvalue weighted by molar-refractivity contribution is 6.19. The second-order valence-electron chi connectivity index (χ2n) is 6.67. The molecule has 2 N–H and O–H groups in total. The fraction of sp³-hybridized carbons (Fsp3) is 0.182. The number of rotatable bonds is 3. The van der Waals surface area contributed by atoms with E-state index in [-0.39, 0.29) is 6.61 Å². The Hall–Kier alpha value is -2.78. The first-order chi connectivity index (χ1) is 12.3. The van der Waals surface area contributed by atoms with E-state index in [2.05, 4.69) is 65.0 Å². The average Bonchev–Trinajstić information content (AvgIpc) is 3.17. The van der Waals surface area contributed by atoms with Crippen molar-refractivity contribution in [2.45, 2.75) is 26.5 Å². The van der Waals surface area contributed by atoms with E-state index in [9.17, 15) is 5.11 Å². The van der Waals surface area contributed by atoms with Crippen molar-refractivity contribution in [2.75, 3.05) is 0 Å². The lowest BCUT2D eigenvalue weighted by Crippen LogP contribution is -1.99. The Kier molecular flexibility index (Phi) is 3.12. The molecule has 0 saturated heterocycles. The van der Waals surface area contributed by atoms with Gasteiger partial charge in [0, 0.05) is 50.2 Å². The van der Waals surface area contributed by atoms with E-state index in [1.807, 2.05) is 6.07 Å². The van der Waals surface area contributed by atoms with E-state index in [0.717, 1.165) is 34.9 Å². The number of H-pyrrole nitrogens is 1. The number of benzene rings is 3. The zero-order valence-electron chi connectivity index (χ0n) is 14.2. The van der Waals surface area contributed by atoms with Gasteiger partial charge >= 0.3 is 0 Å². The van der Waals surface area contributed by atoms with Gasteiger partial charge in [0.2, 0.25) is 0 Å². The number of aryl methyl sites for hydroxylation is 1. The van der Waals surface area contributed by atoms with E-state index >= 15 is 0 Å². The van der Waals surface area contributed by atoms with Crippen LogP contribution in [-0.2, 0) is 13.2 Å². The van der Waals surface area contributed by atoms with Crippen LogP contribution in [0.1, 0.15) is 18.9 Å². The first-order valence-electron chi connectivity index (χ1n) is 8.87. The number of nitrogens with zero attached hydrogens (tertiary/aromatic N) is 1. The molecule has 0 unspecified atom stereocenters. The molecule has 0 saturated carbocycles. The second kappa shape index (κ2) is 5.36. The van der Waals surface area contributed by atoms with Gasteiger partial charge in [-0.25, -0.2) is 0 Å². The van der Waals surface area contributed by atoms with Gasteiger partial charge < -0.3 is 14.7 Å². The number of aromatic nitrogens is 2. The summed E-state index contributed by atoms with van der Waals surface area (Å²) in [5.74, 6) is 0. The Morgan fingerprint density at radius 2 is 1.68 bits per heavy atom. The third-order valence-corrected chi connectivity index (χ3v) is 5.23. The molecule has 0 aliphatic rings. The van der Waals surface area contributed by atoms with E-state index in [0.29, 0.717) is 0 Å². The first kappa shape index (κ1) is 14.6. The molecule has 124 valence electrons. The van der Waals surface area contributed by atoms with Gasteiger partial charge in [-0.05, 0) is 24.6 Å². The predicted octanol–water partition coefficient (Wildman–Crippen LogP) is 5.33. The monoisotopic (exact) mass is 328 g/mol. The van der Waals surface area contributed by atoms with Gasteiger partial charge in [-0.15, -0.1) is 0 Å². The summed E-state index contributed by atoms with van der Waals surface area (Å²) in [6.45, 7) is 3.18. The standard InChI is InChI=1S/C22H20N2O/c1-2-11-24-20-10-6-4-7-14(20)16-12-19-21(17(13-25)22(16)24)15-8-3-5-9-18(15)23-19/h3-10,12,23,25H,2,11,13H2,1H3. The fourth-order valence-electron chi connectivity index (χ4n) is 4.27. The molecule has 0 radical (unpaired) electrons. The molecular formula is C22H20N2O. The number of aliphatic hydroxyl groups is 1. The second-order valence-corrected chi connectivity index (χ2v) is 6.67. The van der Waals surface area contributed by atoms with E-state index < -0.39 is 0 Å². The number of fused-ring (bicyclic) bond motifs is 6. The normalized spacial score (nSPS) is 12.1. The molecule has 0 bridgehead atoms. The summed E-state index contributed by atoms with van der Waals surface area (Å²) in [6, 6.07) is 19.1. The maximum absolute atomic E-state index is 10.3. The van der Waals surface area contributed by atoms with E-state index in [1.54, 1.807) is 0 Å². The zero-order chi connectivity index (χ0) is 17.0. The van der Waals surface area contributed by atoms with Crippen LogP contribution in [0.5, 0.6) is 0 Å². The minimum Gasteiger partial charge on any atom is -0.392 e. The Balaban J connectivity index is 2.08. The molecule has 0 fully saturated rings. The van der Waals surface area contributed by atoms with Crippen molar-refractivity contribution < 1.29 is 5.11 Å². The van der Waals surface area contributed by atoms with Crippen LogP contribution < -0.4 is 0 Å². The van der Waals surface area contributed by atoms with Crippen LogP contribution in [0.4, 0.5) is 0 Å². The van der Waals surface area contributed by atoms with Crippen molar-refractivity contribution in [1.29, 1.82) is 0 Å². The highest BCUT2D eigenvalue weighted by Gasteiger charge is 2.18. The minimum absolute atomic E-state index is 0.0374. The molecule has 0 aliphatic carbocycles. The molecule has 25 heavy (non-hydrogen) atoms. The summed E-state index contributed by atoms with van der Waals surface area (Å²) in [5, 5.41) is 15.1. The van der Waals surface area contributed by atoms with Crippen LogP contribution in [0.3, 0.4) is 0 Å². The molecule has 3 heteroatoms. The zero-order valence-corrected chi connectivity index (χ0v) is 14.2. The van der Waals surface area contributed by atoms with Crippen LogP contribution in [-0.4, -0.2) is 14.7 Å². The number of hydrogen-bond acceptors (Lipinski definition) is 1. The number of hydrogen-bond donors (Lipinski definition) is 2. The molecule has 3 nitrogen and oxygen atoms in total. The van der Waals surface area contributed by atoms with Gasteiger partial charge in [-0.1, -0.05) is 43.3 Å². The van der Waals surface area contributed by atoms with Gasteiger partial charge in [0.15, 0.2) is 0 Å². The molecule has 0 amide bonds. The summed E-state index contributed by atoms with van der Waals surface area (Å²) < 4.78 is 2.37. The Morgan fingerprint density at radius 3 is 2.48 bits per heavy atom.